The number of carbonyl (C=O) groups is 1. The van der Waals surface area contributed by atoms with E-state index < -0.39 is 0 Å². The van der Waals surface area contributed by atoms with E-state index in [1.807, 2.05) is 30.5 Å². The Kier molecular flexibility index (Phi) is 5.27. The number of nitrogens with two attached hydrogens (primary N) is 1. The molecule has 5 heteroatoms. The molecular weight excluding hydrogens is 276 g/mol. The van der Waals surface area contributed by atoms with Crippen molar-refractivity contribution >= 4 is 5.91 Å². The lowest BCUT2D eigenvalue weighted by Crippen LogP contribution is -2.51. The standard InChI is InChI=1S/C17H30N4O/c1-11-6-7-21(15(8-11)10-18)17(22)12(2)9-16-13(3)19-20(5)14(16)4/h11-12,15H,6-10,18H2,1-5H3. The molecule has 0 bridgehead atoms. The van der Waals surface area contributed by atoms with Gasteiger partial charge >= 0.3 is 0 Å². The maximum atomic E-state index is 12.9. The van der Waals surface area contributed by atoms with E-state index in [1.165, 1.54) is 5.56 Å². The number of hydrogen-bond donors (Lipinski definition) is 1. The lowest BCUT2D eigenvalue weighted by atomic mass is 9.90. The number of carbonyl (C=O) groups excluding carboxylic acids is 1. The van der Waals surface area contributed by atoms with E-state index in [0.717, 1.165) is 37.2 Å². The average Bonchev–Trinajstić information content (AvgIpc) is 2.72. The monoisotopic (exact) mass is 306 g/mol. The zero-order valence-electron chi connectivity index (χ0n) is 14.6. The number of likely N-dealkylation sites (tertiary alicyclic amines) is 1. The van der Waals surface area contributed by atoms with Crippen LogP contribution < -0.4 is 5.73 Å². The maximum absolute atomic E-state index is 12.9. The molecule has 124 valence electrons. The Hall–Kier alpha value is -1.36. The van der Waals surface area contributed by atoms with Gasteiger partial charge in [-0.25, -0.2) is 0 Å². The predicted molar refractivity (Wildman–Crippen MR) is 88.5 cm³/mol. The molecule has 3 atom stereocenters. The van der Waals surface area contributed by atoms with Crippen LogP contribution >= 0.6 is 0 Å². The molecule has 3 unspecified atom stereocenters. The maximum Gasteiger partial charge on any atom is 0.226 e. The third-order valence-corrected chi connectivity index (χ3v) is 5.12. The van der Waals surface area contributed by atoms with Gasteiger partial charge in [-0.1, -0.05) is 13.8 Å². The van der Waals surface area contributed by atoms with Crippen LogP contribution in [-0.4, -0.2) is 39.7 Å². The molecule has 0 saturated carbocycles. The number of aromatic nitrogens is 2. The molecule has 0 radical (unpaired) electrons. The zero-order valence-corrected chi connectivity index (χ0v) is 14.6. The van der Waals surface area contributed by atoms with Gasteiger partial charge in [0.05, 0.1) is 5.69 Å². The highest BCUT2D eigenvalue weighted by atomic mass is 16.2. The smallest absolute Gasteiger partial charge is 0.226 e. The van der Waals surface area contributed by atoms with E-state index in [-0.39, 0.29) is 17.9 Å². The van der Waals surface area contributed by atoms with Crippen molar-refractivity contribution in [1.29, 1.82) is 0 Å². The summed E-state index contributed by atoms with van der Waals surface area (Å²) in [5.41, 5.74) is 9.28. The Balaban J connectivity index is 2.08. The van der Waals surface area contributed by atoms with Crippen molar-refractivity contribution in [2.45, 2.75) is 53.0 Å². The molecule has 0 aliphatic carbocycles. The zero-order chi connectivity index (χ0) is 16.4. The van der Waals surface area contributed by atoms with E-state index in [0.29, 0.717) is 12.5 Å². The summed E-state index contributed by atoms with van der Waals surface area (Å²) in [5.74, 6) is 0.879. The van der Waals surface area contributed by atoms with Crippen molar-refractivity contribution in [3.63, 3.8) is 0 Å². The number of amides is 1. The van der Waals surface area contributed by atoms with Gasteiger partial charge in [-0.2, -0.15) is 5.10 Å². The third kappa shape index (κ3) is 3.35. The molecule has 0 spiro atoms. The van der Waals surface area contributed by atoms with Crippen LogP contribution in [0, 0.1) is 25.7 Å². The molecule has 1 amide bonds. The fourth-order valence-electron chi connectivity index (χ4n) is 3.55. The summed E-state index contributed by atoms with van der Waals surface area (Å²) in [4.78, 5) is 14.9. The fraction of sp³-hybridized carbons (Fsp3) is 0.765. The molecular formula is C17H30N4O. The minimum atomic E-state index is -0.0240. The molecule has 2 heterocycles. The normalized spacial score (nSPS) is 23.6. The second-order valence-electron chi connectivity index (χ2n) is 6.93. The van der Waals surface area contributed by atoms with Crippen LogP contribution in [0.1, 0.15) is 43.6 Å². The lowest BCUT2D eigenvalue weighted by molar-refractivity contribution is -0.139. The van der Waals surface area contributed by atoms with Crippen LogP contribution in [0.5, 0.6) is 0 Å². The predicted octanol–water partition coefficient (Wildman–Crippen LogP) is 1.80. The van der Waals surface area contributed by atoms with E-state index in [9.17, 15) is 4.79 Å². The van der Waals surface area contributed by atoms with Gasteiger partial charge in [0.1, 0.15) is 0 Å². The van der Waals surface area contributed by atoms with Crippen molar-refractivity contribution < 1.29 is 4.79 Å². The first kappa shape index (κ1) is 17.0. The highest BCUT2D eigenvalue weighted by molar-refractivity contribution is 5.79. The molecule has 1 fully saturated rings. The topological polar surface area (TPSA) is 64.2 Å². The van der Waals surface area contributed by atoms with E-state index in [2.05, 4.69) is 18.9 Å². The van der Waals surface area contributed by atoms with Gasteiger partial charge in [0, 0.05) is 37.8 Å². The molecule has 2 N–H and O–H groups in total. The van der Waals surface area contributed by atoms with Crippen LogP contribution in [0.2, 0.25) is 0 Å². The number of aryl methyl sites for hydroxylation is 2. The van der Waals surface area contributed by atoms with Crippen molar-refractivity contribution in [1.82, 2.24) is 14.7 Å². The number of piperidine rings is 1. The number of rotatable bonds is 4. The molecule has 1 saturated heterocycles. The van der Waals surface area contributed by atoms with Crippen LogP contribution in [-0.2, 0) is 18.3 Å². The first-order valence-electron chi connectivity index (χ1n) is 8.34. The van der Waals surface area contributed by atoms with Gasteiger partial charge in [-0.05, 0) is 44.6 Å². The minimum Gasteiger partial charge on any atom is -0.338 e. The van der Waals surface area contributed by atoms with E-state index >= 15 is 0 Å². The van der Waals surface area contributed by atoms with Crippen molar-refractivity contribution in [2.75, 3.05) is 13.1 Å². The number of hydrogen-bond acceptors (Lipinski definition) is 3. The lowest BCUT2D eigenvalue weighted by Gasteiger charge is -2.39. The fourth-order valence-corrected chi connectivity index (χ4v) is 3.55. The summed E-state index contributed by atoms with van der Waals surface area (Å²) < 4.78 is 1.90. The largest absolute Gasteiger partial charge is 0.338 e. The average molecular weight is 306 g/mol. The minimum absolute atomic E-state index is 0.0240. The molecule has 1 aliphatic heterocycles. The van der Waals surface area contributed by atoms with Crippen molar-refractivity contribution in [3.8, 4) is 0 Å². The summed E-state index contributed by atoms with van der Waals surface area (Å²) >= 11 is 0. The summed E-state index contributed by atoms with van der Waals surface area (Å²) in [5, 5.41) is 4.45. The first-order valence-corrected chi connectivity index (χ1v) is 8.34. The van der Waals surface area contributed by atoms with Gasteiger partial charge in [-0.3, -0.25) is 9.48 Å². The third-order valence-electron chi connectivity index (χ3n) is 5.12. The Morgan fingerprint density at radius 1 is 1.45 bits per heavy atom. The quantitative estimate of drug-likeness (QED) is 0.922. The van der Waals surface area contributed by atoms with Crippen LogP contribution in [0.25, 0.3) is 0 Å². The molecule has 5 nitrogen and oxygen atoms in total. The van der Waals surface area contributed by atoms with E-state index in [4.69, 9.17) is 5.73 Å². The summed E-state index contributed by atoms with van der Waals surface area (Å²) in [6.45, 7) is 9.77. The molecule has 22 heavy (non-hydrogen) atoms. The Bertz CT molecular complexity index is 537. The van der Waals surface area contributed by atoms with Gasteiger partial charge in [0.2, 0.25) is 5.91 Å². The first-order chi connectivity index (χ1) is 10.3. The Morgan fingerprint density at radius 3 is 2.68 bits per heavy atom. The molecule has 1 aromatic heterocycles. The van der Waals surface area contributed by atoms with Crippen LogP contribution in [0.4, 0.5) is 0 Å². The Morgan fingerprint density at radius 2 is 2.14 bits per heavy atom. The van der Waals surface area contributed by atoms with Gasteiger partial charge in [0.15, 0.2) is 0 Å². The number of nitrogens with zero attached hydrogens (tertiary/aromatic N) is 3. The second kappa shape index (κ2) is 6.82. The SMILES string of the molecule is Cc1nn(C)c(C)c1CC(C)C(=O)N1CCC(C)CC1CN. The molecule has 1 aliphatic rings. The van der Waals surface area contributed by atoms with Crippen LogP contribution in [0.3, 0.4) is 0 Å². The van der Waals surface area contributed by atoms with Gasteiger partial charge in [-0.15, -0.1) is 0 Å². The van der Waals surface area contributed by atoms with Gasteiger partial charge in [0.25, 0.3) is 0 Å². The second-order valence-corrected chi connectivity index (χ2v) is 6.93. The molecule has 1 aromatic rings. The van der Waals surface area contributed by atoms with E-state index in [1.54, 1.807) is 0 Å². The Labute approximate surface area is 133 Å². The molecule has 2 rings (SSSR count). The van der Waals surface area contributed by atoms with Crippen LogP contribution in [0.15, 0.2) is 0 Å². The highest BCUT2D eigenvalue weighted by Crippen LogP contribution is 2.25. The van der Waals surface area contributed by atoms with Crippen molar-refractivity contribution in [2.24, 2.45) is 24.6 Å². The summed E-state index contributed by atoms with van der Waals surface area (Å²) in [6, 6.07) is 0.204. The summed E-state index contributed by atoms with van der Waals surface area (Å²) in [7, 11) is 1.95. The summed E-state index contributed by atoms with van der Waals surface area (Å²) in [6.07, 6.45) is 2.87. The van der Waals surface area contributed by atoms with Crippen molar-refractivity contribution in [3.05, 3.63) is 17.0 Å². The molecule has 0 aromatic carbocycles. The highest BCUT2D eigenvalue weighted by Gasteiger charge is 2.31. The van der Waals surface area contributed by atoms with Gasteiger partial charge < -0.3 is 10.6 Å².